The first-order valence-electron chi connectivity index (χ1n) is 5.93. The second kappa shape index (κ2) is 4.04. The molecule has 19 heavy (non-hydrogen) atoms. The van der Waals surface area contributed by atoms with Crippen molar-refractivity contribution in [3.63, 3.8) is 0 Å². The Morgan fingerprint density at radius 2 is 2.16 bits per heavy atom. The second-order valence-electron chi connectivity index (χ2n) is 4.62. The van der Waals surface area contributed by atoms with Gasteiger partial charge >= 0.3 is 0 Å². The zero-order chi connectivity index (χ0) is 13.6. The van der Waals surface area contributed by atoms with E-state index >= 15 is 0 Å². The Kier molecular flexibility index (Phi) is 2.48. The molecule has 1 N–H and O–H groups in total. The summed E-state index contributed by atoms with van der Waals surface area (Å²) in [7, 11) is 0. The number of aromatic nitrogens is 5. The number of hydrogen-bond donors (Lipinski definition) is 1. The first-order chi connectivity index (χ1) is 9.08. The van der Waals surface area contributed by atoms with Gasteiger partial charge in [0.15, 0.2) is 0 Å². The van der Waals surface area contributed by atoms with E-state index in [9.17, 15) is 5.11 Å². The van der Waals surface area contributed by atoms with Crippen molar-refractivity contribution in [3.8, 4) is 17.3 Å². The molecule has 3 aromatic rings. The molecule has 3 aromatic heterocycles. The Balaban J connectivity index is 2.36. The average molecular weight is 259 g/mol. The molecule has 0 unspecified atom stereocenters. The van der Waals surface area contributed by atoms with E-state index in [0.29, 0.717) is 17.2 Å². The summed E-state index contributed by atoms with van der Waals surface area (Å²) in [6.07, 6.45) is 3.08. The molecule has 0 aliphatic heterocycles. The lowest BCUT2D eigenvalue weighted by Crippen LogP contribution is -1.94. The first-order valence-corrected chi connectivity index (χ1v) is 5.93. The highest BCUT2D eigenvalue weighted by Crippen LogP contribution is 2.35. The lowest BCUT2D eigenvalue weighted by atomic mass is 10.00. The van der Waals surface area contributed by atoms with Crippen LogP contribution in [0.1, 0.15) is 31.2 Å². The van der Waals surface area contributed by atoms with Gasteiger partial charge in [-0.05, 0) is 11.5 Å². The van der Waals surface area contributed by atoms with Gasteiger partial charge in [0.2, 0.25) is 17.6 Å². The van der Waals surface area contributed by atoms with E-state index in [1.165, 1.54) is 6.33 Å². The van der Waals surface area contributed by atoms with Crippen molar-refractivity contribution in [2.24, 2.45) is 0 Å². The maximum atomic E-state index is 9.93. The first kappa shape index (κ1) is 11.6. The van der Waals surface area contributed by atoms with E-state index in [1.807, 2.05) is 13.8 Å². The minimum atomic E-state index is -0.0508. The fraction of sp³-hybridized carbons (Fsp3) is 0.333. The molecule has 0 amide bonds. The fourth-order valence-corrected chi connectivity index (χ4v) is 2.19. The van der Waals surface area contributed by atoms with Crippen LogP contribution < -0.4 is 0 Å². The van der Waals surface area contributed by atoms with Crippen molar-refractivity contribution in [2.45, 2.75) is 26.7 Å². The smallest absolute Gasteiger partial charge is 0.239 e. The van der Waals surface area contributed by atoms with Gasteiger partial charge in [-0.1, -0.05) is 19.0 Å². The van der Waals surface area contributed by atoms with Crippen LogP contribution in [0.5, 0.6) is 5.88 Å². The standard InChI is InChI=1S/C12H13N5O2/c1-6(2)9-8(11-15-7(3)19-16-11)4-17-10(9)12(18)13-5-14-17/h4-6H,1-3H3,(H,13,14,18). The van der Waals surface area contributed by atoms with Gasteiger partial charge < -0.3 is 9.63 Å². The fourth-order valence-electron chi connectivity index (χ4n) is 2.19. The highest BCUT2D eigenvalue weighted by molar-refractivity contribution is 5.76. The van der Waals surface area contributed by atoms with Gasteiger partial charge in [0.1, 0.15) is 11.8 Å². The van der Waals surface area contributed by atoms with Gasteiger partial charge in [-0.3, -0.25) is 0 Å². The number of nitrogens with zero attached hydrogens (tertiary/aromatic N) is 5. The van der Waals surface area contributed by atoms with Gasteiger partial charge in [-0.15, -0.1) is 0 Å². The molecule has 98 valence electrons. The van der Waals surface area contributed by atoms with E-state index in [4.69, 9.17) is 4.52 Å². The molecule has 0 aromatic carbocycles. The predicted molar refractivity (Wildman–Crippen MR) is 66.8 cm³/mol. The quantitative estimate of drug-likeness (QED) is 0.756. The van der Waals surface area contributed by atoms with Crippen LogP contribution in [0.25, 0.3) is 16.9 Å². The average Bonchev–Trinajstić information content (AvgIpc) is 2.92. The maximum absolute atomic E-state index is 9.93. The van der Waals surface area contributed by atoms with Crippen LogP contribution in [0, 0.1) is 6.92 Å². The van der Waals surface area contributed by atoms with E-state index in [0.717, 1.165) is 11.1 Å². The molecule has 0 bridgehead atoms. The maximum Gasteiger partial charge on any atom is 0.239 e. The monoisotopic (exact) mass is 259 g/mol. The van der Waals surface area contributed by atoms with Crippen LogP contribution in [0.15, 0.2) is 17.0 Å². The molecular formula is C12H13N5O2. The topological polar surface area (TPSA) is 89.3 Å². The molecule has 0 atom stereocenters. The van der Waals surface area contributed by atoms with Crippen molar-refractivity contribution >= 4 is 5.52 Å². The van der Waals surface area contributed by atoms with E-state index in [-0.39, 0.29) is 11.8 Å². The molecule has 0 saturated carbocycles. The summed E-state index contributed by atoms with van der Waals surface area (Å²) >= 11 is 0. The summed E-state index contributed by atoms with van der Waals surface area (Å²) in [6, 6.07) is 0. The van der Waals surface area contributed by atoms with Crippen molar-refractivity contribution in [1.29, 1.82) is 0 Å². The largest absolute Gasteiger partial charge is 0.492 e. The molecule has 0 aliphatic carbocycles. The van der Waals surface area contributed by atoms with Gasteiger partial charge in [0, 0.05) is 18.7 Å². The van der Waals surface area contributed by atoms with Crippen LogP contribution in [-0.2, 0) is 0 Å². The number of aryl methyl sites for hydroxylation is 1. The Labute approximate surface area is 108 Å². The molecular weight excluding hydrogens is 246 g/mol. The van der Waals surface area contributed by atoms with Crippen molar-refractivity contribution in [2.75, 3.05) is 0 Å². The molecule has 7 nitrogen and oxygen atoms in total. The molecule has 7 heteroatoms. The van der Waals surface area contributed by atoms with E-state index in [1.54, 1.807) is 17.6 Å². The summed E-state index contributed by atoms with van der Waals surface area (Å²) < 4.78 is 6.59. The van der Waals surface area contributed by atoms with E-state index < -0.39 is 0 Å². The summed E-state index contributed by atoms with van der Waals surface area (Å²) in [5, 5.41) is 18.0. The lowest BCUT2D eigenvalue weighted by molar-refractivity contribution is 0.394. The third-order valence-electron chi connectivity index (χ3n) is 2.94. The second-order valence-corrected chi connectivity index (χ2v) is 4.62. The normalized spacial score (nSPS) is 11.6. The third-order valence-corrected chi connectivity index (χ3v) is 2.94. The summed E-state index contributed by atoms with van der Waals surface area (Å²) in [6.45, 7) is 5.79. The van der Waals surface area contributed by atoms with Crippen LogP contribution in [-0.4, -0.2) is 29.8 Å². The van der Waals surface area contributed by atoms with Gasteiger partial charge in [0.25, 0.3) is 0 Å². The molecule has 0 spiro atoms. The van der Waals surface area contributed by atoms with Gasteiger partial charge in [-0.25, -0.2) is 4.52 Å². The Morgan fingerprint density at radius 1 is 1.37 bits per heavy atom. The molecule has 0 saturated heterocycles. The van der Waals surface area contributed by atoms with Gasteiger partial charge in [-0.2, -0.15) is 15.1 Å². The van der Waals surface area contributed by atoms with Crippen LogP contribution >= 0.6 is 0 Å². The third kappa shape index (κ3) is 1.74. The van der Waals surface area contributed by atoms with Crippen LogP contribution in [0.2, 0.25) is 0 Å². The van der Waals surface area contributed by atoms with Crippen molar-refractivity contribution in [1.82, 2.24) is 24.7 Å². The number of rotatable bonds is 2. The Hall–Kier alpha value is -2.44. The van der Waals surface area contributed by atoms with Crippen LogP contribution in [0.3, 0.4) is 0 Å². The van der Waals surface area contributed by atoms with E-state index in [2.05, 4.69) is 20.2 Å². The lowest BCUT2D eigenvalue weighted by Gasteiger charge is -2.06. The van der Waals surface area contributed by atoms with Crippen LogP contribution in [0.4, 0.5) is 0 Å². The van der Waals surface area contributed by atoms with Gasteiger partial charge in [0.05, 0.1) is 0 Å². The zero-order valence-corrected chi connectivity index (χ0v) is 10.8. The number of hydrogen-bond acceptors (Lipinski definition) is 6. The Morgan fingerprint density at radius 3 is 2.79 bits per heavy atom. The number of fused-ring (bicyclic) bond motifs is 1. The highest BCUT2D eigenvalue weighted by Gasteiger charge is 2.22. The SMILES string of the molecule is Cc1nc(-c2cn3ncnc(O)c3c2C(C)C)no1. The minimum Gasteiger partial charge on any atom is -0.492 e. The molecule has 3 heterocycles. The minimum absolute atomic E-state index is 0.0508. The Bertz CT molecular complexity index is 744. The van der Waals surface area contributed by atoms with Crippen molar-refractivity contribution < 1.29 is 9.63 Å². The summed E-state index contributed by atoms with van der Waals surface area (Å²) in [5.74, 6) is 1.10. The molecule has 3 rings (SSSR count). The summed E-state index contributed by atoms with van der Waals surface area (Å²) in [4.78, 5) is 8.05. The highest BCUT2D eigenvalue weighted by atomic mass is 16.5. The number of aromatic hydroxyl groups is 1. The zero-order valence-electron chi connectivity index (χ0n) is 10.8. The van der Waals surface area contributed by atoms with Crippen molar-refractivity contribution in [3.05, 3.63) is 24.0 Å². The molecule has 0 fully saturated rings. The molecule has 0 radical (unpaired) electrons. The molecule has 0 aliphatic rings. The summed E-state index contributed by atoms with van der Waals surface area (Å²) in [5.41, 5.74) is 2.27. The predicted octanol–water partition coefficient (Wildman–Crippen LogP) is 1.92.